The Hall–Kier alpha value is -2.46. The van der Waals surface area contributed by atoms with Gasteiger partial charge in [0.25, 0.3) is 5.91 Å². The first-order valence-corrected chi connectivity index (χ1v) is 12.3. The van der Waals surface area contributed by atoms with Gasteiger partial charge in [-0.1, -0.05) is 13.8 Å². The molecule has 2 atom stereocenters. The van der Waals surface area contributed by atoms with Gasteiger partial charge in [0.2, 0.25) is 10.0 Å². The van der Waals surface area contributed by atoms with Gasteiger partial charge in [0.1, 0.15) is 0 Å². The second-order valence-corrected chi connectivity index (χ2v) is 10.1. The zero-order valence-electron chi connectivity index (χ0n) is 18.8. The van der Waals surface area contributed by atoms with Crippen molar-refractivity contribution >= 4 is 27.9 Å². The molecule has 1 aromatic rings. The molecule has 2 rings (SSSR count). The van der Waals surface area contributed by atoms with E-state index in [4.69, 9.17) is 9.47 Å². The molecule has 0 spiro atoms. The second-order valence-electron chi connectivity index (χ2n) is 8.13. The van der Waals surface area contributed by atoms with Crippen molar-refractivity contribution < 1.29 is 32.3 Å². The summed E-state index contributed by atoms with van der Waals surface area (Å²) in [4.78, 5) is 35.3. The lowest BCUT2D eigenvalue weighted by Gasteiger charge is -2.34. The van der Waals surface area contributed by atoms with E-state index in [9.17, 15) is 22.8 Å². The summed E-state index contributed by atoms with van der Waals surface area (Å²) in [6.45, 7) is 6.84. The normalized spacial score (nSPS) is 19.2. The molecule has 32 heavy (non-hydrogen) atoms. The fraction of sp³-hybridized carbons (Fsp3) is 0.591. The number of esters is 2. The maximum atomic E-state index is 12.9. The average Bonchev–Trinajstić information content (AvgIpc) is 2.74. The van der Waals surface area contributed by atoms with Gasteiger partial charge in [0, 0.05) is 26.1 Å². The number of piperidine rings is 1. The number of hydrogen-bond donors (Lipinski definition) is 1. The highest BCUT2D eigenvalue weighted by atomic mass is 32.2. The third-order valence-corrected chi connectivity index (χ3v) is 6.93. The largest absolute Gasteiger partial charge is 0.466 e. The fourth-order valence-corrected chi connectivity index (χ4v) is 5.35. The van der Waals surface area contributed by atoms with Crippen molar-refractivity contribution in [1.82, 2.24) is 9.62 Å². The Morgan fingerprint density at radius 3 is 2.28 bits per heavy atom. The Labute approximate surface area is 189 Å². The highest BCUT2D eigenvalue weighted by molar-refractivity contribution is 7.89. The lowest BCUT2D eigenvalue weighted by atomic mass is 9.94. The first kappa shape index (κ1) is 25.8. The van der Waals surface area contributed by atoms with Crippen LogP contribution in [0.2, 0.25) is 0 Å². The minimum atomic E-state index is -3.63. The van der Waals surface area contributed by atoms with Crippen LogP contribution in [-0.2, 0) is 29.1 Å². The molecule has 10 heteroatoms. The van der Waals surface area contributed by atoms with Crippen molar-refractivity contribution in [3.8, 4) is 0 Å². The van der Waals surface area contributed by atoms with Crippen molar-refractivity contribution in [2.24, 2.45) is 11.8 Å². The quantitative estimate of drug-likeness (QED) is 0.412. The van der Waals surface area contributed by atoms with Crippen LogP contribution in [0.3, 0.4) is 0 Å². The number of nitrogens with one attached hydrogen (secondary N) is 1. The van der Waals surface area contributed by atoms with E-state index < -0.39 is 28.5 Å². The van der Waals surface area contributed by atoms with Crippen LogP contribution in [0.1, 0.15) is 50.4 Å². The first-order valence-electron chi connectivity index (χ1n) is 10.8. The van der Waals surface area contributed by atoms with Gasteiger partial charge in [-0.25, -0.2) is 13.2 Å². The van der Waals surface area contributed by atoms with E-state index in [0.29, 0.717) is 38.0 Å². The molecule has 1 fully saturated rings. The molecule has 1 heterocycles. The number of benzene rings is 1. The van der Waals surface area contributed by atoms with Crippen LogP contribution in [0.4, 0.5) is 0 Å². The highest BCUT2D eigenvalue weighted by Crippen LogP contribution is 2.26. The molecule has 9 nitrogen and oxygen atoms in total. The molecule has 0 radical (unpaired) electrons. The number of carbonyl (C=O) groups excluding carboxylic acids is 3. The zero-order chi connectivity index (χ0) is 23.7. The SMILES string of the molecule is CCOC(=O)CCCNC(=O)COC(=O)c1ccc(S(=O)(=O)N2CC(C)CC(C)C2)cc1. The standard InChI is InChI=1S/C22H32N2O7S/c1-4-30-21(26)6-5-11-23-20(25)15-31-22(27)18-7-9-19(10-8-18)32(28,29)24-13-16(2)12-17(3)14-24/h7-10,16-17H,4-6,11-15H2,1-3H3,(H,23,25). The molecule has 1 saturated heterocycles. The van der Waals surface area contributed by atoms with Crippen LogP contribution in [0.15, 0.2) is 29.2 Å². The van der Waals surface area contributed by atoms with Crippen LogP contribution >= 0.6 is 0 Å². The van der Waals surface area contributed by atoms with E-state index in [1.165, 1.54) is 28.6 Å². The van der Waals surface area contributed by atoms with Crippen LogP contribution in [0.25, 0.3) is 0 Å². The molecule has 0 saturated carbocycles. The average molecular weight is 469 g/mol. The molecule has 178 valence electrons. The van der Waals surface area contributed by atoms with Gasteiger partial charge in [-0.3, -0.25) is 9.59 Å². The fourth-order valence-electron chi connectivity index (χ4n) is 3.67. The van der Waals surface area contributed by atoms with Gasteiger partial charge in [-0.2, -0.15) is 4.31 Å². The molecule has 0 aromatic heterocycles. The Morgan fingerprint density at radius 2 is 1.69 bits per heavy atom. The Balaban J connectivity index is 1.82. The third-order valence-electron chi connectivity index (χ3n) is 5.08. The number of nitrogens with zero attached hydrogens (tertiary/aromatic N) is 1. The topological polar surface area (TPSA) is 119 Å². The van der Waals surface area contributed by atoms with Gasteiger partial charge in [0.15, 0.2) is 6.61 Å². The second kappa shape index (κ2) is 12.0. The predicted octanol–water partition coefficient (Wildman–Crippen LogP) is 1.97. The Morgan fingerprint density at radius 1 is 1.06 bits per heavy atom. The summed E-state index contributed by atoms with van der Waals surface area (Å²) in [5.74, 6) is -0.966. The molecular formula is C22H32N2O7S. The summed E-state index contributed by atoms with van der Waals surface area (Å²) >= 11 is 0. The number of ether oxygens (including phenoxy) is 2. The summed E-state index contributed by atoms with van der Waals surface area (Å²) in [6.07, 6.45) is 1.61. The van der Waals surface area contributed by atoms with Crippen LogP contribution < -0.4 is 5.32 Å². The van der Waals surface area contributed by atoms with Crippen molar-refractivity contribution in [3.63, 3.8) is 0 Å². The first-order chi connectivity index (χ1) is 15.1. The summed E-state index contributed by atoms with van der Waals surface area (Å²) < 4.78 is 37.1. The number of sulfonamides is 1. The van der Waals surface area contributed by atoms with Crippen LogP contribution in [-0.4, -0.2) is 63.4 Å². The van der Waals surface area contributed by atoms with E-state index in [1.807, 2.05) is 13.8 Å². The minimum Gasteiger partial charge on any atom is -0.466 e. The zero-order valence-corrected chi connectivity index (χ0v) is 19.7. The lowest BCUT2D eigenvalue weighted by molar-refractivity contribution is -0.143. The number of amides is 1. The predicted molar refractivity (Wildman–Crippen MR) is 117 cm³/mol. The summed E-state index contributed by atoms with van der Waals surface area (Å²) in [5, 5.41) is 2.55. The monoisotopic (exact) mass is 468 g/mol. The van der Waals surface area contributed by atoms with E-state index in [-0.39, 0.29) is 29.4 Å². The summed E-state index contributed by atoms with van der Waals surface area (Å²) in [5.41, 5.74) is 0.152. The van der Waals surface area contributed by atoms with Crippen molar-refractivity contribution in [2.45, 2.75) is 44.9 Å². The van der Waals surface area contributed by atoms with E-state index >= 15 is 0 Å². The maximum absolute atomic E-state index is 12.9. The van der Waals surface area contributed by atoms with Gasteiger partial charge in [0.05, 0.1) is 17.1 Å². The number of carbonyl (C=O) groups is 3. The van der Waals surface area contributed by atoms with Gasteiger partial charge in [-0.05, 0) is 55.9 Å². The van der Waals surface area contributed by atoms with Crippen LogP contribution in [0, 0.1) is 11.8 Å². The lowest BCUT2D eigenvalue weighted by Crippen LogP contribution is -2.42. The molecule has 0 bridgehead atoms. The smallest absolute Gasteiger partial charge is 0.338 e. The van der Waals surface area contributed by atoms with E-state index in [1.54, 1.807) is 6.92 Å². The van der Waals surface area contributed by atoms with E-state index in [0.717, 1.165) is 6.42 Å². The molecular weight excluding hydrogens is 436 g/mol. The molecule has 1 aliphatic heterocycles. The molecule has 0 aliphatic carbocycles. The van der Waals surface area contributed by atoms with Gasteiger partial charge in [-0.15, -0.1) is 0 Å². The van der Waals surface area contributed by atoms with Gasteiger partial charge >= 0.3 is 11.9 Å². The molecule has 1 aromatic carbocycles. The maximum Gasteiger partial charge on any atom is 0.338 e. The molecule has 2 unspecified atom stereocenters. The van der Waals surface area contributed by atoms with E-state index in [2.05, 4.69) is 5.32 Å². The van der Waals surface area contributed by atoms with Crippen molar-refractivity contribution in [3.05, 3.63) is 29.8 Å². The van der Waals surface area contributed by atoms with Crippen molar-refractivity contribution in [2.75, 3.05) is 32.8 Å². The summed E-state index contributed by atoms with van der Waals surface area (Å²) in [7, 11) is -3.63. The van der Waals surface area contributed by atoms with Crippen molar-refractivity contribution in [1.29, 1.82) is 0 Å². The number of hydrogen-bond acceptors (Lipinski definition) is 7. The Kier molecular flexibility index (Phi) is 9.64. The minimum absolute atomic E-state index is 0.120. The molecule has 1 aliphatic rings. The highest BCUT2D eigenvalue weighted by Gasteiger charge is 2.31. The molecule has 1 amide bonds. The Bertz CT molecular complexity index is 889. The third kappa shape index (κ3) is 7.59. The van der Waals surface area contributed by atoms with Crippen LogP contribution in [0.5, 0.6) is 0 Å². The van der Waals surface area contributed by atoms with Gasteiger partial charge < -0.3 is 14.8 Å². The summed E-state index contributed by atoms with van der Waals surface area (Å²) in [6, 6.07) is 5.52. The number of rotatable bonds is 10. The molecule has 1 N–H and O–H groups in total.